The summed E-state index contributed by atoms with van der Waals surface area (Å²) in [5.74, 6) is 2.51. The van der Waals surface area contributed by atoms with Crippen LogP contribution in [0.5, 0.6) is 11.5 Å². The summed E-state index contributed by atoms with van der Waals surface area (Å²) in [5.41, 5.74) is 11.5. The molecule has 0 aliphatic rings. The lowest BCUT2D eigenvalue weighted by Crippen LogP contribution is -2.01. The van der Waals surface area contributed by atoms with Crippen LogP contribution in [0.3, 0.4) is 0 Å². The zero-order valence-corrected chi connectivity index (χ0v) is 29.5. The van der Waals surface area contributed by atoms with Gasteiger partial charge >= 0.3 is 0 Å². The van der Waals surface area contributed by atoms with E-state index in [1.165, 1.54) is 64.3 Å². The second-order valence-corrected chi connectivity index (χ2v) is 13.4. The van der Waals surface area contributed by atoms with Crippen LogP contribution in [-0.4, -0.2) is 19.3 Å². The largest absolute Gasteiger partial charge is 0.457 e. The van der Waals surface area contributed by atoms with Crippen molar-refractivity contribution >= 4 is 21.8 Å². The molecule has 0 saturated carbocycles. The number of unbranched alkanes of at least 4 members (excludes halogenated alkanes) is 3. The first-order valence-corrected chi connectivity index (χ1v) is 17.9. The van der Waals surface area contributed by atoms with Gasteiger partial charge in [0.1, 0.15) is 17.3 Å². The van der Waals surface area contributed by atoms with Crippen molar-refractivity contribution in [3.8, 4) is 34.1 Å². The Bertz CT molecular complexity index is 2240. The second-order valence-electron chi connectivity index (χ2n) is 13.4. The average molecular weight is 647 g/mol. The van der Waals surface area contributed by atoms with Crippen LogP contribution < -0.4 is 4.74 Å². The van der Waals surface area contributed by atoms with Gasteiger partial charge in [0.15, 0.2) is 0 Å². The number of aromatic nitrogens is 4. The summed E-state index contributed by atoms with van der Waals surface area (Å²) in [7, 11) is 0. The summed E-state index contributed by atoms with van der Waals surface area (Å²) in [6, 6.07) is 34.7. The van der Waals surface area contributed by atoms with E-state index in [0.29, 0.717) is 0 Å². The van der Waals surface area contributed by atoms with Crippen LogP contribution in [0.1, 0.15) is 74.0 Å². The SMILES string of the molecule is CCCCCCc1ccc2c(c1)c1ccc(Oc3cc(CCC)cc(-n4nc(C)c(-c5ccccc5)c4C)c3)cc1n2-c1cc(C)ccn1. The topological polar surface area (TPSA) is 44.9 Å². The summed E-state index contributed by atoms with van der Waals surface area (Å²) < 4.78 is 11.1. The summed E-state index contributed by atoms with van der Waals surface area (Å²) >= 11 is 0. The molecule has 0 aliphatic heterocycles. The van der Waals surface area contributed by atoms with E-state index in [1.807, 2.05) is 12.3 Å². The van der Waals surface area contributed by atoms with Gasteiger partial charge in [-0.1, -0.05) is 75.9 Å². The van der Waals surface area contributed by atoms with Crippen molar-refractivity contribution in [3.63, 3.8) is 0 Å². The van der Waals surface area contributed by atoms with E-state index in [9.17, 15) is 0 Å². The zero-order chi connectivity index (χ0) is 33.9. The fourth-order valence-electron chi connectivity index (χ4n) is 7.22. The Hall–Kier alpha value is -5.16. The Morgan fingerprint density at radius 3 is 2.31 bits per heavy atom. The third kappa shape index (κ3) is 6.63. The lowest BCUT2D eigenvalue weighted by Gasteiger charge is -2.13. The molecule has 0 bridgehead atoms. The second kappa shape index (κ2) is 14.1. The molecule has 49 heavy (non-hydrogen) atoms. The summed E-state index contributed by atoms with van der Waals surface area (Å²) in [5, 5.41) is 7.47. The average Bonchev–Trinajstić information content (AvgIpc) is 3.59. The molecule has 0 N–H and O–H groups in total. The van der Waals surface area contributed by atoms with Crippen LogP contribution in [-0.2, 0) is 12.8 Å². The number of aryl methyl sites for hydroxylation is 4. The Balaban J connectivity index is 1.30. The molecule has 0 unspecified atom stereocenters. The predicted octanol–water partition coefficient (Wildman–Crippen LogP) is 11.8. The molecule has 248 valence electrons. The number of ether oxygens (including phenoxy) is 1. The minimum absolute atomic E-state index is 0.793. The van der Waals surface area contributed by atoms with E-state index in [0.717, 1.165) is 64.7 Å². The first kappa shape index (κ1) is 32.4. The Morgan fingerprint density at radius 1 is 0.653 bits per heavy atom. The van der Waals surface area contributed by atoms with Crippen LogP contribution in [0, 0.1) is 20.8 Å². The van der Waals surface area contributed by atoms with E-state index in [-0.39, 0.29) is 0 Å². The monoisotopic (exact) mass is 646 g/mol. The highest BCUT2D eigenvalue weighted by Crippen LogP contribution is 2.37. The molecule has 0 saturated heterocycles. The van der Waals surface area contributed by atoms with Gasteiger partial charge in [-0.15, -0.1) is 0 Å². The van der Waals surface area contributed by atoms with E-state index in [4.69, 9.17) is 14.8 Å². The molecule has 7 aromatic rings. The lowest BCUT2D eigenvalue weighted by atomic mass is 10.0. The normalized spacial score (nSPS) is 11.5. The number of benzene rings is 4. The number of nitrogens with zero attached hydrogens (tertiary/aromatic N) is 4. The fourth-order valence-corrected chi connectivity index (χ4v) is 7.22. The zero-order valence-electron chi connectivity index (χ0n) is 29.5. The summed E-state index contributed by atoms with van der Waals surface area (Å²) in [6.45, 7) is 10.8. The van der Waals surface area contributed by atoms with Crippen molar-refractivity contribution in [1.82, 2.24) is 19.3 Å². The third-order valence-electron chi connectivity index (χ3n) is 9.58. The van der Waals surface area contributed by atoms with E-state index in [2.05, 4.69) is 135 Å². The molecular weight excluding hydrogens is 601 g/mol. The minimum Gasteiger partial charge on any atom is -0.457 e. The van der Waals surface area contributed by atoms with Gasteiger partial charge in [0.25, 0.3) is 0 Å². The standard InChI is InChI=1S/C44H46N4O/c1-6-8-9-11-15-33-18-21-41-40(27-33)39-20-19-37(29-42(39)47(41)43-24-30(3)22-23-45-43)49-38-26-34(14-7-2)25-36(28-38)48-32(5)44(31(4)46-48)35-16-12-10-13-17-35/h10,12-13,16-29H,6-9,11,14-15H2,1-5H3. The quantitative estimate of drug-likeness (QED) is 0.124. The van der Waals surface area contributed by atoms with Crippen molar-refractivity contribution in [3.05, 3.63) is 131 Å². The molecule has 7 rings (SSSR count). The van der Waals surface area contributed by atoms with Gasteiger partial charge in [0.2, 0.25) is 0 Å². The van der Waals surface area contributed by atoms with Crippen molar-refractivity contribution in [2.24, 2.45) is 0 Å². The van der Waals surface area contributed by atoms with Crippen molar-refractivity contribution in [1.29, 1.82) is 0 Å². The molecule has 0 amide bonds. The maximum Gasteiger partial charge on any atom is 0.137 e. The van der Waals surface area contributed by atoms with Crippen molar-refractivity contribution < 1.29 is 4.74 Å². The van der Waals surface area contributed by atoms with Gasteiger partial charge in [-0.3, -0.25) is 4.57 Å². The molecule has 3 heterocycles. The molecule has 0 atom stereocenters. The molecule has 0 spiro atoms. The first-order chi connectivity index (χ1) is 23.9. The molecule has 5 heteroatoms. The van der Waals surface area contributed by atoms with E-state index in [1.54, 1.807) is 0 Å². The molecule has 0 radical (unpaired) electrons. The predicted molar refractivity (Wildman–Crippen MR) is 204 cm³/mol. The summed E-state index contributed by atoms with van der Waals surface area (Å²) in [6.07, 6.45) is 10.1. The third-order valence-corrected chi connectivity index (χ3v) is 9.58. The van der Waals surface area contributed by atoms with Gasteiger partial charge < -0.3 is 4.74 Å². The minimum atomic E-state index is 0.793. The van der Waals surface area contributed by atoms with Gasteiger partial charge in [-0.25, -0.2) is 9.67 Å². The fraction of sp³-hybridized carbons (Fsp3) is 0.273. The highest BCUT2D eigenvalue weighted by Gasteiger charge is 2.18. The van der Waals surface area contributed by atoms with Gasteiger partial charge in [0, 0.05) is 40.4 Å². The molecule has 0 aliphatic carbocycles. The summed E-state index contributed by atoms with van der Waals surface area (Å²) in [4.78, 5) is 4.82. The first-order valence-electron chi connectivity index (χ1n) is 17.9. The highest BCUT2D eigenvalue weighted by atomic mass is 16.5. The van der Waals surface area contributed by atoms with E-state index < -0.39 is 0 Å². The van der Waals surface area contributed by atoms with Crippen molar-refractivity contribution in [2.75, 3.05) is 0 Å². The van der Waals surface area contributed by atoms with Gasteiger partial charge in [-0.2, -0.15) is 5.10 Å². The number of hydrogen-bond acceptors (Lipinski definition) is 3. The highest BCUT2D eigenvalue weighted by molar-refractivity contribution is 6.09. The smallest absolute Gasteiger partial charge is 0.137 e. The number of pyridine rings is 1. The van der Waals surface area contributed by atoms with Crippen LogP contribution in [0.15, 0.2) is 103 Å². The molecule has 0 fully saturated rings. The van der Waals surface area contributed by atoms with Crippen molar-refractivity contribution in [2.45, 2.75) is 79.6 Å². The lowest BCUT2D eigenvalue weighted by molar-refractivity contribution is 0.482. The van der Waals surface area contributed by atoms with Crippen LogP contribution in [0.4, 0.5) is 0 Å². The maximum atomic E-state index is 6.73. The molecular formula is C44H46N4O. The van der Waals surface area contributed by atoms with Crippen LogP contribution in [0.2, 0.25) is 0 Å². The van der Waals surface area contributed by atoms with Gasteiger partial charge in [0.05, 0.1) is 22.4 Å². The number of hydrogen-bond donors (Lipinski definition) is 0. The van der Waals surface area contributed by atoms with Crippen LogP contribution >= 0.6 is 0 Å². The Labute approximate surface area is 290 Å². The Morgan fingerprint density at radius 2 is 1.51 bits per heavy atom. The molecule has 5 nitrogen and oxygen atoms in total. The maximum absolute atomic E-state index is 6.73. The van der Waals surface area contributed by atoms with Gasteiger partial charge in [-0.05, 0) is 111 Å². The number of rotatable bonds is 12. The Kier molecular flexibility index (Phi) is 9.34. The van der Waals surface area contributed by atoms with Crippen LogP contribution in [0.25, 0.3) is 44.4 Å². The number of fused-ring (bicyclic) bond motifs is 3. The van der Waals surface area contributed by atoms with E-state index >= 15 is 0 Å². The molecule has 4 aromatic carbocycles. The molecule has 3 aromatic heterocycles.